The Morgan fingerprint density at radius 1 is 0.895 bits per heavy atom. The van der Waals surface area contributed by atoms with Crippen molar-refractivity contribution in [1.82, 2.24) is 30.1 Å². The van der Waals surface area contributed by atoms with Crippen LogP contribution in [0.15, 0.2) is 73.2 Å². The van der Waals surface area contributed by atoms with E-state index in [1.807, 2.05) is 51.1 Å². The number of anilines is 1. The fourth-order valence-electron chi connectivity index (χ4n) is 4.23. The van der Waals surface area contributed by atoms with Crippen LogP contribution in [0.25, 0.3) is 55.8 Å². The van der Waals surface area contributed by atoms with E-state index in [2.05, 4.69) is 30.5 Å². The summed E-state index contributed by atoms with van der Waals surface area (Å²) in [5.74, 6) is 0.201. The lowest BCUT2D eigenvalue weighted by atomic mass is 9.95. The number of rotatable bonds is 4. The van der Waals surface area contributed by atoms with Gasteiger partial charge < -0.3 is 10.3 Å². The highest BCUT2D eigenvalue weighted by atomic mass is 19.1. The molecular formula is C29H24FN7O. The molecule has 0 fully saturated rings. The van der Waals surface area contributed by atoms with Crippen LogP contribution in [0.4, 0.5) is 10.1 Å². The lowest BCUT2D eigenvalue weighted by Gasteiger charge is -2.17. The minimum absolute atomic E-state index is 0.0802. The fraction of sp³-hybridized carbons (Fsp3) is 0.138. The predicted molar refractivity (Wildman–Crippen MR) is 146 cm³/mol. The fourth-order valence-corrected chi connectivity index (χ4v) is 4.23. The molecule has 0 aliphatic rings. The summed E-state index contributed by atoms with van der Waals surface area (Å²) in [7, 11) is 0. The van der Waals surface area contributed by atoms with Crippen LogP contribution < -0.4 is 5.32 Å². The largest absolute Gasteiger partial charge is 0.336 e. The molecule has 188 valence electrons. The van der Waals surface area contributed by atoms with E-state index >= 15 is 0 Å². The van der Waals surface area contributed by atoms with E-state index < -0.39 is 5.41 Å². The summed E-state index contributed by atoms with van der Waals surface area (Å²) in [6.07, 6.45) is 5.09. The molecule has 0 unspecified atom stereocenters. The number of hydrogen-bond donors (Lipinski definition) is 3. The highest BCUT2D eigenvalue weighted by Gasteiger charge is 2.21. The number of nitrogens with one attached hydrogen (secondary N) is 3. The molecule has 8 nitrogen and oxygen atoms in total. The zero-order chi connectivity index (χ0) is 26.4. The van der Waals surface area contributed by atoms with Gasteiger partial charge in [0.05, 0.1) is 28.6 Å². The van der Waals surface area contributed by atoms with E-state index in [1.165, 1.54) is 12.1 Å². The highest BCUT2D eigenvalue weighted by Crippen LogP contribution is 2.33. The Kier molecular flexibility index (Phi) is 5.48. The molecule has 6 rings (SSSR count). The van der Waals surface area contributed by atoms with Crippen molar-refractivity contribution in [2.45, 2.75) is 20.8 Å². The predicted octanol–water partition coefficient (Wildman–Crippen LogP) is 6.35. The monoisotopic (exact) mass is 505 g/mol. The first kappa shape index (κ1) is 23.5. The van der Waals surface area contributed by atoms with Gasteiger partial charge in [0.25, 0.3) is 0 Å². The molecule has 0 aliphatic heterocycles. The van der Waals surface area contributed by atoms with Crippen molar-refractivity contribution in [2.75, 3.05) is 5.32 Å². The number of pyridine rings is 2. The van der Waals surface area contributed by atoms with Crippen LogP contribution >= 0.6 is 0 Å². The lowest BCUT2D eigenvalue weighted by molar-refractivity contribution is -0.123. The normalized spacial score (nSPS) is 11.8. The Morgan fingerprint density at radius 2 is 1.68 bits per heavy atom. The zero-order valence-corrected chi connectivity index (χ0v) is 21.0. The molecule has 3 N–H and O–H groups in total. The maximum absolute atomic E-state index is 13.5. The first-order valence-corrected chi connectivity index (χ1v) is 12.1. The van der Waals surface area contributed by atoms with Crippen LogP contribution in [-0.2, 0) is 4.79 Å². The quantitative estimate of drug-likeness (QED) is 0.258. The molecule has 1 amide bonds. The Hall–Kier alpha value is -4.92. The Balaban J connectivity index is 1.39. The van der Waals surface area contributed by atoms with E-state index in [4.69, 9.17) is 4.98 Å². The Morgan fingerprint density at radius 3 is 2.47 bits per heavy atom. The number of H-pyrrole nitrogens is 2. The number of benzene rings is 2. The molecule has 0 saturated heterocycles. The number of aromatic nitrogens is 6. The molecule has 0 atom stereocenters. The second-order valence-electron chi connectivity index (χ2n) is 10.1. The molecule has 0 spiro atoms. The standard InChI is InChI=1S/C29H24FN7O/c1-29(2,3)28(38)33-20-12-18(14-31-15-20)17-6-9-22-21(13-17)25(37-36-22)27-34-23-10-11-32-24(26(23)35-27)16-4-7-19(30)8-5-16/h4-15H,1-3H3,(H,33,38)(H,34,35)(H,36,37). The topological polar surface area (TPSA) is 112 Å². The van der Waals surface area contributed by atoms with Crippen LogP contribution in [0.2, 0.25) is 0 Å². The van der Waals surface area contributed by atoms with Crippen LogP contribution in [0, 0.1) is 11.2 Å². The minimum Gasteiger partial charge on any atom is -0.336 e. The number of carbonyl (C=O) groups excluding carboxylic acids is 1. The van der Waals surface area contributed by atoms with Gasteiger partial charge in [0.2, 0.25) is 5.91 Å². The smallest absolute Gasteiger partial charge is 0.229 e. The van der Waals surface area contributed by atoms with Crippen molar-refractivity contribution in [3.63, 3.8) is 0 Å². The van der Waals surface area contributed by atoms with E-state index in [9.17, 15) is 9.18 Å². The first-order valence-electron chi connectivity index (χ1n) is 12.1. The van der Waals surface area contributed by atoms with Crippen molar-refractivity contribution in [3.05, 3.63) is 79.0 Å². The van der Waals surface area contributed by atoms with Crippen molar-refractivity contribution in [3.8, 4) is 33.9 Å². The van der Waals surface area contributed by atoms with E-state index in [0.29, 0.717) is 28.4 Å². The highest BCUT2D eigenvalue weighted by molar-refractivity contribution is 5.98. The second-order valence-corrected chi connectivity index (χ2v) is 10.1. The number of halogens is 1. The van der Waals surface area contributed by atoms with Crippen molar-refractivity contribution >= 4 is 33.5 Å². The van der Waals surface area contributed by atoms with Gasteiger partial charge in [0, 0.05) is 34.3 Å². The van der Waals surface area contributed by atoms with Crippen molar-refractivity contribution < 1.29 is 9.18 Å². The number of carbonyl (C=O) groups is 1. The number of aromatic amines is 2. The minimum atomic E-state index is -0.515. The molecule has 0 aliphatic carbocycles. The van der Waals surface area contributed by atoms with Crippen LogP contribution in [0.3, 0.4) is 0 Å². The first-order chi connectivity index (χ1) is 18.3. The number of fused-ring (bicyclic) bond motifs is 2. The number of hydrogen-bond acceptors (Lipinski definition) is 5. The molecule has 0 bridgehead atoms. The number of nitrogens with zero attached hydrogens (tertiary/aromatic N) is 4. The average molecular weight is 506 g/mol. The molecule has 2 aromatic carbocycles. The third-order valence-corrected chi connectivity index (χ3v) is 6.32. The molecule has 38 heavy (non-hydrogen) atoms. The maximum atomic E-state index is 13.5. The second kappa shape index (κ2) is 8.88. The molecule has 0 saturated carbocycles. The molecule has 0 radical (unpaired) electrons. The van der Waals surface area contributed by atoms with Crippen LogP contribution in [0.5, 0.6) is 0 Å². The average Bonchev–Trinajstić information content (AvgIpc) is 3.52. The van der Waals surface area contributed by atoms with Gasteiger partial charge in [0.1, 0.15) is 17.0 Å². The molecule has 9 heteroatoms. The third kappa shape index (κ3) is 4.28. The molecule has 4 heterocycles. The number of amides is 1. The van der Waals surface area contributed by atoms with Gasteiger partial charge in [0.15, 0.2) is 5.82 Å². The summed E-state index contributed by atoms with van der Waals surface area (Å²) in [5.41, 5.74) is 6.32. The lowest BCUT2D eigenvalue weighted by Crippen LogP contribution is -2.27. The summed E-state index contributed by atoms with van der Waals surface area (Å²) in [6.45, 7) is 5.60. The molecular weight excluding hydrogens is 481 g/mol. The van der Waals surface area contributed by atoms with Crippen molar-refractivity contribution in [1.29, 1.82) is 0 Å². The van der Waals surface area contributed by atoms with Gasteiger partial charge in [-0.3, -0.25) is 19.9 Å². The van der Waals surface area contributed by atoms with Gasteiger partial charge in [-0.2, -0.15) is 5.10 Å². The summed E-state index contributed by atoms with van der Waals surface area (Å²) in [4.78, 5) is 29.4. The maximum Gasteiger partial charge on any atom is 0.229 e. The Bertz CT molecular complexity index is 1810. The third-order valence-electron chi connectivity index (χ3n) is 6.32. The van der Waals surface area contributed by atoms with Gasteiger partial charge in [-0.25, -0.2) is 9.37 Å². The van der Waals surface area contributed by atoms with Crippen molar-refractivity contribution in [2.24, 2.45) is 5.41 Å². The molecule has 6 aromatic rings. The van der Waals surface area contributed by atoms with E-state index in [-0.39, 0.29) is 11.7 Å². The van der Waals surface area contributed by atoms with Gasteiger partial charge in [-0.05, 0) is 54.1 Å². The van der Waals surface area contributed by atoms with E-state index in [0.717, 1.165) is 33.1 Å². The van der Waals surface area contributed by atoms with Crippen LogP contribution in [0.1, 0.15) is 20.8 Å². The summed E-state index contributed by atoms with van der Waals surface area (Å²) >= 11 is 0. The summed E-state index contributed by atoms with van der Waals surface area (Å²) in [5, 5.41) is 11.4. The van der Waals surface area contributed by atoms with Gasteiger partial charge >= 0.3 is 0 Å². The van der Waals surface area contributed by atoms with E-state index in [1.54, 1.807) is 30.7 Å². The van der Waals surface area contributed by atoms with Crippen LogP contribution in [-0.4, -0.2) is 36.0 Å². The summed E-state index contributed by atoms with van der Waals surface area (Å²) in [6, 6.07) is 15.9. The zero-order valence-electron chi connectivity index (χ0n) is 21.0. The Labute approximate surface area is 217 Å². The SMILES string of the molecule is CC(C)(C)C(=O)Nc1cncc(-c2ccc3[nH]nc(-c4nc5c(-c6ccc(F)cc6)nccc5[nH]4)c3c2)c1. The summed E-state index contributed by atoms with van der Waals surface area (Å²) < 4.78 is 13.5. The molecule has 4 aromatic heterocycles. The number of imidazole rings is 1. The van der Waals surface area contributed by atoms with Gasteiger partial charge in [-0.15, -0.1) is 0 Å². The van der Waals surface area contributed by atoms with Gasteiger partial charge in [-0.1, -0.05) is 26.8 Å².